The number of likely N-dealkylation sites (N-methyl/N-ethyl adjacent to an activating group) is 1. The highest BCUT2D eigenvalue weighted by molar-refractivity contribution is 5.79. The van der Waals surface area contributed by atoms with Crippen molar-refractivity contribution in [2.45, 2.75) is 20.0 Å². The first-order chi connectivity index (χ1) is 8.70. The van der Waals surface area contributed by atoms with Gasteiger partial charge in [0.15, 0.2) is 0 Å². The Hall–Kier alpha value is -0.650. The third kappa shape index (κ3) is 3.43. The van der Waals surface area contributed by atoms with Crippen LogP contribution >= 0.6 is 0 Å². The predicted molar refractivity (Wildman–Crippen MR) is 70.4 cm³/mol. The van der Waals surface area contributed by atoms with Crippen molar-refractivity contribution in [1.29, 1.82) is 0 Å². The normalized spacial score (nSPS) is 33.6. The molecule has 0 aromatic rings. The summed E-state index contributed by atoms with van der Waals surface area (Å²) in [6, 6.07) is 0. The zero-order valence-corrected chi connectivity index (χ0v) is 11.4. The van der Waals surface area contributed by atoms with Gasteiger partial charge in [-0.2, -0.15) is 0 Å². The lowest BCUT2D eigenvalue weighted by molar-refractivity contribution is -0.126. The summed E-state index contributed by atoms with van der Waals surface area (Å²) in [5, 5.41) is 6.30. The number of nitrogens with zero attached hydrogens (tertiary/aromatic N) is 1. The molecule has 0 spiro atoms. The van der Waals surface area contributed by atoms with Gasteiger partial charge in [-0.05, 0) is 19.0 Å². The fourth-order valence-electron chi connectivity index (χ4n) is 2.70. The third-order valence-corrected chi connectivity index (χ3v) is 4.03. The number of hydrogen-bond donors (Lipinski definition) is 2. The van der Waals surface area contributed by atoms with Gasteiger partial charge in [0.1, 0.15) is 0 Å². The number of carbonyl (C=O) groups is 1. The third-order valence-electron chi connectivity index (χ3n) is 4.03. The molecule has 5 heteroatoms. The molecule has 0 aromatic heterocycles. The molecule has 2 aliphatic rings. The van der Waals surface area contributed by atoms with E-state index < -0.39 is 0 Å². The largest absolute Gasteiger partial charge is 0.374 e. The highest BCUT2D eigenvalue weighted by Crippen LogP contribution is 2.15. The molecular formula is C13H25N3O2. The van der Waals surface area contributed by atoms with E-state index in [2.05, 4.69) is 29.4 Å². The van der Waals surface area contributed by atoms with Gasteiger partial charge in [0, 0.05) is 26.2 Å². The van der Waals surface area contributed by atoms with Crippen molar-refractivity contribution in [2.24, 2.45) is 11.8 Å². The Balaban J connectivity index is 1.72. The van der Waals surface area contributed by atoms with Crippen LogP contribution in [0.4, 0.5) is 0 Å². The lowest BCUT2D eigenvalue weighted by atomic mass is 9.97. The first-order valence-corrected chi connectivity index (χ1v) is 7.03. The van der Waals surface area contributed by atoms with Crippen molar-refractivity contribution in [3.8, 4) is 0 Å². The number of nitrogens with one attached hydrogen (secondary N) is 2. The number of amides is 1. The zero-order valence-electron chi connectivity index (χ0n) is 11.4. The molecule has 2 heterocycles. The maximum absolute atomic E-state index is 12.0. The van der Waals surface area contributed by atoms with Crippen molar-refractivity contribution in [2.75, 3.05) is 45.9 Å². The Morgan fingerprint density at radius 2 is 2.33 bits per heavy atom. The smallest absolute Gasteiger partial charge is 0.224 e. The van der Waals surface area contributed by atoms with Crippen molar-refractivity contribution in [1.82, 2.24) is 15.5 Å². The van der Waals surface area contributed by atoms with Crippen molar-refractivity contribution < 1.29 is 9.53 Å². The minimum atomic E-state index is 0.121. The van der Waals surface area contributed by atoms with Crippen LogP contribution in [0.3, 0.4) is 0 Å². The molecule has 5 nitrogen and oxygen atoms in total. The summed E-state index contributed by atoms with van der Waals surface area (Å²) in [5.41, 5.74) is 0. The van der Waals surface area contributed by atoms with Gasteiger partial charge < -0.3 is 15.4 Å². The Morgan fingerprint density at radius 3 is 3.00 bits per heavy atom. The predicted octanol–water partition coefficient (Wildman–Crippen LogP) is -0.321. The second-order valence-electron chi connectivity index (χ2n) is 5.37. The van der Waals surface area contributed by atoms with Gasteiger partial charge in [-0.3, -0.25) is 9.69 Å². The standard InChI is InChI=1S/C13H25N3O2/c1-3-16-4-5-18-11(9-16)7-15-13(17)12-8-14-6-10(12)2/h10-12,14H,3-9H2,1-2H3,(H,15,17)/t10-,11?,12-/m1/s1. The second-order valence-corrected chi connectivity index (χ2v) is 5.37. The number of hydrogen-bond acceptors (Lipinski definition) is 4. The fraction of sp³-hybridized carbons (Fsp3) is 0.923. The van der Waals surface area contributed by atoms with Gasteiger partial charge in [-0.1, -0.05) is 13.8 Å². The minimum Gasteiger partial charge on any atom is -0.374 e. The first-order valence-electron chi connectivity index (χ1n) is 7.03. The molecule has 0 aromatic carbocycles. The highest BCUT2D eigenvalue weighted by atomic mass is 16.5. The van der Waals surface area contributed by atoms with Gasteiger partial charge in [-0.15, -0.1) is 0 Å². The molecule has 1 amide bonds. The van der Waals surface area contributed by atoms with Gasteiger partial charge in [-0.25, -0.2) is 0 Å². The maximum atomic E-state index is 12.0. The molecule has 1 unspecified atom stereocenters. The molecule has 2 rings (SSSR count). The van der Waals surface area contributed by atoms with E-state index in [4.69, 9.17) is 4.74 Å². The first kappa shape index (κ1) is 13.8. The number of morpholine rings is 1. The van der Waals surface area contributed by atoms with Gasteiger partial charge >= 0.3 is 0 Å². The lowest BCUT2D eigenvalue weighted by Crippen LogP contribution is -2.48. The molecule has 3 atom stereocenters. The molecule has 0 bridgehead atoms. The summed E-state index contributed by atoms with van der Waals surface area (Å²) in [6.07, 6.45) is 0.146. The van der Waals surface area contributed by atoms with Crippen LogP contribution in [-0.4, -0.2) is 62.8 Å². The summed E-state index contributed by atoms with van der Waals surface area (Å²) < 4.78 is 5.68. The lowest BCUT2D eigenvalue weighted by Gasteiger charge is -2.32. The van der Waals surface area contributed by atoms with E-state index in [0.717, 1.165) is 39.3 Å². The number of carbonyl (C=O) groups excluding carboxylic acids is 1. The van der Waals surface area contributed by atoms with Crippen LogP contribution in [0.5, 0.6) is 0 Å². The van der Waals surface area contributed by atoms with Crippen LogP contribution in [0.1, 0.15) is 13.8 Å². The van der Waals surface area contributed by atoms with E-state index in [-0.39, 0.29) is 17.9 Å². The van der Waals surface area contributed by atoms with Crippen molar-refractivity contribution in [3.63, 3.8) is 0 Å². The quantitative estimate of drug-likeness (QED) is 0.723. The fourth-order valence-corrected chi connectivity index (χ4v) is 2.70. The molecule has 2 fully saturated rings. The van der Waals surface area contributed by atoms with E-state index in [1.54, 1.807) is 0 Å². The molecule has 18 heavy (non-hydrogen) atoms. The Bertz CT molecular complexity index is 285. The number of ether oxygens (including phenoxy) is 1. The maximum Gasteiger partial charge on any atom is 0.224 e. The van der Waals surface area contributed by atoms with Gasteiger partial charge in [0.25, 0.3) is 0 Å². The summed E-state index contributed by atoms with van der Waals surface area (Å²) in [4.78, 5) is 14.4. The molecule has 2 aliphatic heterocycles. The van der Waals surface area contributed by atoms with Crippen LogP contribution in [0.25, 0.3) is 0 Å². The van der Waals surface area contributed by atoms with Crippen LogP contribution in [-0.2, 0) is 9.53 Å². The highest BCUT2D eigenvalue weighted by Gasteiger charge is 2.30. The molecule has 0 aliphatic carbocycles. The average molecular weight is 255 g/mol. The van der Waals surface area contributed by atoms with E-state index in [1.807, 2.05) is 0 Å². The van der Waals surface area contributed by atoms with E-state index in [0.29, 0.717) is 12.5 Å². The SMILES string of the molecule is CCN1CCOC(CNC(=O)[C@@H]2CNC[C@H]2C)C1. The molecule has 104 valence electrons. The van der Waals surface area contributed by atoms with E-state index in [1.165, 1.54) is 0 Å². The summed E-state index contributed by atoms with van der Waals surface area (Å²) in [7, 11) is 0. The zero-order chi connectivity index (χ0) is 13.0. The van der Waals surface area contributed by atoms with E-state index >= 15 is 0 Å². The summed E-state index contributed by atoms with van der Waals surface area (Å²) in [5.74, 6) is 0.727. The second kappa shape index (κ2) is 6.50. The molecule has 0 saturated carbocycles. The minimum absolute atomic E-state index is 0.121. The molecule has 2 N–H and O–H groups in total. The van der Waals surface area contributed by atoms with Crippen molar-refractivity contribution in [3.05, 3.63) is 0 Å². The molecule has 0 radical (unpaired) electrons. The Labute approximate surface area is 109 Å². The average Bonchev–Trinajstić information content (AvgIpc) is 2.82. The Morgan fingerprint density at radius 1 is 1.50 bits per heavy atom. The summed E-state index contributed by atoms with van der Waals surface area (Å²) >= 11 is 0. The Kier molecular flexibility index (Phi) is 4.97. The summed E-state index contributed by atoms with van der Waals surface area (Å²) in [6.45, 7) is 10.4. The van der Waals surface area contributed by atoms with E-state index in [9.17, 15) is 4.79 Å². The monoisotopic (exact) mass is 255 g/mol. The van der Waals surface area contributed by atoms with Crippen LogP contribution in [0, 0.1) is 11.8 Å². The van der Waals surface area contributed by atoms with Crippen LogP contribution < -0.4 is 10.6 Å². The molecular weight excluding hydrogens is 230 g/mol. The van der Waals surface area contributed by atoms with Crippen LogP contribution in [0.2, 0.25) is 0 Å². The topological polar surface area (TPSA) is 53.6 Å². The molecule has 2 saturated heterocycles. The van der Waals surface area contributed by atoms with Crippen molar-refractivity contribution >= 4 is 5.91 Å². The van der Waals surface area contributed by atoms with Gasteiger partial charge in [0.05, 0.1) is 18.6 Å². The van der Waals surface area contributed by atoms with Crippen LogP contribution in [0.15, 0.2) is 0 Å². The van der Waals surface area contributed by atoms with Gasteiger partial charge in [0.2, 0.25) is 5.91 Å². The number of rotatable bonds is 4.